The molecule has 0 aliphatic rings. The molecule has 0 spiro atoms. The number of unbranched alkanes of at least 4 members (excludes halogenated alkanes) is 1. The molecule has 0 saturated carbocycles. The van der Waals surface area contributed by atoms with E-state index in [1.54, 1.807) is 16.8 Å². The van der Waals surface area contributed by atoms with Gasteiger partial charge in [0.2, 0.25) is 11.0 Å². The number of rotatable bonds is 9. The number of aryl methyl sites for hydroxylation is 1. The number of aromatic nitrogens is 5. The highest BCUT2D eigenvalue weighted by atomic mass is 35.5. The van der Waals surface area contributed by atoms with Crippen LogP contribution in [0.2, 0.25) is 5.02 Å². The fourth-order valence-corrected chi connectivity index (χ4v) is 3.73. The predicted molar refractivity (Wildman–Crippen MR) is 115 cm³/mol. The lowest BCUT2D eigenvalue weighted by molar-refractivity contribution is -0.116. The number of carbonyl (C=O) groups excluding carboxylic acids is 1. The third-order valence-corrected chi connectivity index (χ3v) is 5.71. The third-order valence-electron chi connectivity index (χ3n) is 4.18. The van der Waals surface area contributed by atoms with Crippen LogP contribution in [0.15, 0.2) is 24.3 Å². The molecule has 7 nitrogen and oxygen atoms in total. The molecule has 3 rings (SSSR count). The molecular formula is C18H19ClF2N6OS2. The van der Waals surface area contributed by atoms with Gasteiger partial charge in [-0.2, -0.15) is 5.10 Å². The van der Waals surface area contributed by atoms with Gasteiger partial charge in [0, 0.05) is 23.6 Å². The minimum atomic E-state index is -2.72. The lowest BCUT2D eigenvalue weighted by Crippen LogP contribution is -2.15. The van der Waals surface area contributed by atoms with Crippen molar-refractivity contribution in [1.82, 2.24) is 24.5 Å². The van der Waals surface area contributed by atoms with Gasteiger partial charge in [0.05, 0.1) is 6.54 Å². The Kier molecular flexibility index (Phi) is 7.62. The summed E-state index contributed by atoms with van der Waals surface area (Å²) in [6.07, 6.45) is -0.726. The topological polar surface area (TPSA) is 77.6 Å². The quantitative estimate of drug-likeness (QED) is 0.424. The average molecular weight is 473 g/mol. The van der Waals surface area contributed by atoms with Gasteiger partial charge in [-0.15, -0.1) is 10.2 Å². The fraction of sp³-hybridized carbons (Fsp3) is 0.389. The van der Waals surface area contributed by atoms with Crippen LogP contribution in [0.3, 0.4) is 0 Å². The molecule has 3 aromatic rings. The maximum atomic E-state index is 12.6. The van der Waals surface area contributed by atoms with Gasteiger partial charge in [-0.1, -0.05) is 36.3 Å². The van der Waals surface area contributed by atoms with Crippen LogP contribution in [0.25, 0.3) is 11.4 Å². The van der Waals surface area contributed by atoms with Crippen LogP contribution in [0.4, 0.5) is 13.9 Å². The Hall–Kier alpha value is -2.24. The zero-order chi connectivity index (χ0) is 21.7. The van der Waals surface area contributed by atoms with Crippen molar-refractivity contribution in [2.45, 2.75) is 45.7 Å². The Morgan fingerprint density at radius 1 is 1.27 bits per heavy atom. The van der Waals surface area contributed by atoms with Crippen molar-refractivity contribution in [3.8, 4) is 11.4 Å². The molecule has 2 aromatic heterocycles. The maximum Gasteiger partial charge on any atom is 0.291 e. The normalized spacial score (nSPS) is 11.2. The third kappa shape index (κ3) is 5.46. The van der Waals surface area contributed by atoms with E-state index in [4.69, 9.17) is 23.8 Å². The molecule has 0 saturated heterocycles. The monoisotopic (exact) mass is 472 g/mol. The van der Waals surface area contributed by atoms with Crippen LogP contribution in [-0.4, -0.2) is 30.5 Å². The molecule has 0 radical (unpaired) electrons. The highest BCUT2D eigenvalue weighted by Crippen LogP contribution is 2.25. The number of anilines is 1. The van der Waals surface area contributed by atoms with Crippen LogP contribution in [0.1, 0.15) is 37.6 Å². The van der Waals surface area contributed by atoms with Crippen LogP contribution in [-0.2, 0) is 17.9 Å². The van der Waals surface area contributed by atoms with Gasteiger partial charge >= 0.3 is 0 Å². The second-order valence-corrected chi connectivity index (χ2v) is 8.20. The van der Waals surface area contributed by atoms with Crippen molar-refractivity contribution in [2.24, 2.45) is 0 Å². The summed E-state index contributed by atoms with van der Waals surface area (Å²) < 4.78 is 29.2. The van der Waals surface area contributed by atoms with Gasteiger partial charge < -0.3 is 5.32 Å². The first-order valence-corrected chi connectivity index (χ1v) is 10.8. The molecule has 0 fully saturated rings. The highest BCUT2D eigenvalue weighted by molar-refractivity contribution is 7.71. The molecule has 1 aromatic carbocycles. The van der Waals surface area contributed by atoms with Gasteiger partial charge in [0.25, 0.3) is 6.43 Å². The van der Waals surface area contributed by atoms with E-state index in [0.29, 0.717) is 33.5 Å². The number of benzene rings is 1. The van der Waals surface area contributed by atoms with Crippen molar-refractivity contribution in [3.63, 3.8) is 0 Å². The Balaban J connectivity index is 1.74. The van der Waals surface area contributed by atoms with Crippen molar-refractivity contribution < 1.29 is 13.6 Å². The average Bonchev–Trinajstić information content (AvgIpc) is 3.30. The van der Waals surface area contributed by atoms with E-state index in [9.17, 15) is 13.6 Å². The largest absolute Gasteiger partial charge is 0.300 e. The Labute approximate surface area is 185 Å². The highest BCUT2D eigenvalue weighted by Gasteiger charge is 2.17. The Morgan fingerprint density at radius 2 is 2.00 bits per heavy atom. The maximum absolute atomic E-state index is 12.6. The number of carbonyl (C=O) groups is 1. The molecule has 0 aliphatic heterocycles. The number of hydrogen-bond acceptors (Lipinski definition) is 6. The Bertz CT molecular complexity index is 1060. The van der Waals surface area contributed by atoms with Gasteiger partial charge in [0.15, 0.2) is 15.6 Å². The smallest absolute Gasteiger partial charge is 0.291 e. The van der Waals surface area contributed by atoms with Crippen molar-refractivity contribution in [2.75, 3.05) is 5.32 Å². The van der Waals surface area contributed by atoms with E-state index in [1.165, 1.54) is 0 Å². The number of amides is 1. The number of hydrogen-bond donors (Lipinski definition) is 1. The van der Waals surface area contributed by atoms with E-state index in [2.05, 4.69) is 27.5 Å². The number of halogens is 3. The molecule has 1 N–H and O–H groups in total. The fourth-order valence-electron chi connectivity index (χ4n) is 2.68. The summed E-state index contributed by atoms with van der Waals surface area (Å²) in [6.45, 7) is 3.04. The number of nitrogens with one attached hydrogen (secondary N) is 1. The minimum Gasteiger partial charge on any atom is -0.300 e. The molecule has 0 unspecified atom stereocenters. The van der Waals surface area contributed by atoms with Crippen molar-refractivity contribution >= 4 is 46.2 Å². The van der Waals surface area contributed by atoms with E-state index < -0.39 is 11.4 Å². The first kappa shape index (κ1) is 22.4. The molecular weight excluding hydrogens is 454 g/mol. The zero-order valence-corrected chi connectivity index (χ0v) is 18.4. The second-order valence-electron chi connectivity index (χ2n) is 6.39. The summed E-state index contributed by atoms with van der Waals surface area (Å²) in [5.74, 6) is 0.321. The molecule has 30 heavy (non-hydrogen) atoms. The SMILES string of the molecule is CCCCn1c(-c2ccc(Cl)cc2)nn(CCC(=O)Nc2nnc(C(F)F)s2)c1=S. The van der Waals surface area contributed by atoms with Gasteiger partial charge in [0.1, 0.15) is 0 Å². The lowest BCUT2D eigenvalue weighted by atomic mass is 10.2. The van der Waals surface area contributed by atoms with Gasteiger partial charge in [-0.25, -0.2) is 13.5 Å². The van der Waals surface area contributed by atoms with E-state index in [1.807, 2.05) is 16.7 Å². The summed E-state index contributed by atoms with van der Waals surface area (Å²) in [4.78, 5) is 12.2. The summed E-state index contributed by atoms with van der Waals surface area (Å²) in [7, 11) is 0. The molecule has 12 heteroatoms. The van der Waals surface area contributed by atoms with E-state index >= 15 is 0 Å². The Morgan fingerprint density at radius 3 is 2.63 bits per heavy atom. The second kappa shape index (κ2) is 10.2. The predicted octanol–water partition coefficient (Wildman–Crippen LogP) is 5.35. The van der Waals surface area contributed by atoms with Gasteiger partial charge in [-0.05, 0) is 42.9 Å². The molecule has 2 heterocycles. The van der Waals surface area contributed by atoms with Gasteiger partial charge in [-0.3, -0.25) is 9.36 Å². The van der Waals surface area contributed by atoms with E-state index in [-0.39, 0.29) is 24.0 Å². The van der Waals surface area contributed by atoms with Crippen molar-refractivity contribution in [3.05, 3.63) is 39.1 Å². The van der Waals surface area contributed by atoms with Crippen LogP contribution >= 0.6 is 35.2 Å². The summed E-state index contributed by atoms with van der Waals surface area (Å²) in [5.41, 5.74) is 0.873. The molecule has 0 aliphatic carbocycles. The van der Waals surface area contributed by atoms with Crippen LogP contribution in [0, 0.1) is 4.77 Å². The molecule has 160 valence electrons. The van der Waals surface area contributed by atoms with E-state index in [0.717, 1.165) is 18.4 Å². The number of alkyl halides is 2. The van der Waals surface area contributed by atoms with Crippen molar-refractivity contribution in [1.29, 1.82) is 0 Å². The molecule has 0 atom stereocenters. The first-order chi connectivity index (χ1) is 14.4. The summed E-state index contributed by atoms with van der Waals surface area (Å²) >= 11 is 12.2. The molecule has 0 bridgehead atoms. The standard InChI is InChI=1S/C18H19ClF2N6OS2/c1-2-3-9-26-15(11-4-6-12(19)7-5-11)25-27(18(26)29)10-8-13(28)22-17-24-23-16(30-17)14(20)21/h4-7,14H,2-3,8-10H2,1H3,(H,22,24,28). The zero-order valence-electron chi connectivity index (χ0n) is 16.0. The summed E-state index contributed by atoms with van der Waals surface area (Å²) in [6, 6.07) is 7.31. The van der Waals surface area contributed by atoms with Crippen LogP contribution in [0.5, 0.6) is 0 Å². The lowest BCUT2D eigenvalue weighted by Gasteiger charge is -2.05. The van der Waals surface area contributed by atoms with Crippen LogP contribution < -0.4 is 5.32 Å². The number of nitrogens with zero attached hydrogens (tertiary/aromatic N) is 5. The first-order valence-electron chi connectivity index (χ1n) is 9.24. The minimum absolute atomic E-state index is 0.0363. The molecule has 1 amide bonds. The summed E-state index contributed by atoms with van der Waals surface area (Å²) in [5, 5.41) is 14.2.